The summed E-state index contributed by atoms with van der Waals surface area (Å²) in [6.07, 6.45) is 0.469. The first-order chi connectivity index (χ1) is 9.43. The predicted octanol–water partition coefficient (Wildman–Crippen LogP) is 1.41. The van der Waals surface area contributed by atoms with Crippen molar-refractivity contribution in [3.8, 4) is 0 Å². The molecule has 0 aliphatic heterocycles. The van der Waals surface area contributed by atoms with Crippen LogP contribution in [0.25, 0.3) is 0 Å². The molecular formula is C15H22N2O3. The average molecular weight is 278 g/mol. The maximum absolute atomic E-state index is 11.8. The fourth-order valence-corrected chi connectivity index (χ4v) is 1.97. The Balaban J connectivity index is 2.43. The number of aryl methyl sites for hydroxylation is 1. The minimum atomic E-state index is -0.902. The van der Waals surface area contributed by atoms with Gasteiger partial charge in [0.05, 0.1) is 6.54 Å². The summed E-state index contributed by atoms with van der Waals surface area (Å²) in [6, 6.07) is 7.28. The highest BCUT2D eigenvalue weighted by atomic mass is 16.4. The van der Waals surface area contributed by atoms with Gasteiger partial charge in [-0.3, -0.25) is 14.5 Å². The van der Waals surface area contributed by atoms with E-state index in [0.717, 1.165) is 5.56 Å². The highest BCUT2D eigenvalue weighted by molar-refractivity contribution is 5.79. The monoisotopic (exact) mass is 278 g/mol. The number of carboxylic acid groups (broad SMARTS) is 1. The van der Waals surface area contributed by atoms with E-state index in [1.54, 1.807) is 18.9 Å². The molecule has 1 aromatic rings. The predicted molar refractivity (Wildman–Crippen MR) is 77.4 cm³/mol. The standard InChI is InChI=1S/C15H22N2O3/c1-4-13(15(19)20)17(3)10-14(18)16-9-12-7-5-11(2)6-8-12/h5-8,13H,4,9-10H2,1-3H3,(H,16,18)(H,19,20). The SMILES string of the molecule is CCC(C(=O)O)N(C)CC(=O)NCc1ccc(C)cc1. The second-order valence-corrected chi connectivity index (χ2v) is 4.94. The lowest BCUT2D eigenvalue weighted by Gasteiger charge is -2.22. The molecule has 0 aliphatic carbocycles. The molecule has 1 rings (SSSR count). The lowest BCUT2D eigenvalue weighted by molar-refractivity contribution is -0.143. The molecule has 1 atom stereocenters. The second-order valence-electron chi connectivity index (χ2n) is 4.94. The summed E-state index contributed by atoms with van der Waals surface area (Å²) < 4.78 is 0. The van der Waals surface area contributed by atoms with E-state index < -0.39 is 12.0 Å². The molecule has 0 bridgehead atoms. The number of hydrogen-bond donors (Lipinski definition) is 2. The van der Waals surface area contributed by atoms with Crippen LogP contribution in [0.1, 0.15) is 24.5 Å². The largest absolute Gasteiger partial charge is 0.480 e. The Labute approximate surface area is 119 Å². The van der Waals surface area contributed by atoms with Crippen LogP contribution >= 0.6 is 0 Å². The number of nitrogens with one attached hydrogen (secondary N) is 1. The van der Waals surface area contributed by atoms with Crippen molar-refractivity contribution in [3.63, 3.8) is 0 Å². The molecule has 110 valence electrons. The molecule has 0 heterocycles. The van der Waals surface area contributed by atoms with Crippen LogP contribution < -0.4 is 5.32 Å². The number of rotatable bonds is 7. The molecule has 0 fully saturated rings. The zero-order valence-corrected chi connectivity index (χ0v) is 12.2. The first-order valence-electron chi connectivity index (χ1n) is 6.69. The molecule has 0 aromatic heterocycles. The van der Waals surface area contributed by atoms with Gasteiger partial charge in [0.25, 0.3) is 0 Å². The van der Waals surface area contributed by atoms with Crippen molar-refractivity contribution in [1.29, 1.82) is 0 Å². The van der Waals surface area contributed by atoms with Crippen LogP contribution in [0.4, 0.5) is 0 Å². The number of benzene rings is 1. The number of likely N-dealkylation sites (N-methyl/N-ethyl adjacent to an activating group) is 1. The van der Waals surface area contributed by atoms with Gasteiger partial charge in [0.1, 0.15) is 6.04 Å². The van der Waals surface area contributed by atoms with Crippen molar-refractivity contribution in [3.05, 3.63) is 35.4 Å². The first-order valence-corrected chi connectivity index (χ1v) is 6.69. The number of hydrogen-bond acceptors (Lipinski definition) is 3. The molecule has 20 heavy (non-hydrogen) atoms. The molecular weight excluding hydrogens is 256 g/mol. The van der Waals surface area contributed by atoms with Gasteiger partial charge in [-0.15, -0.1) is 0 Å². The van der Waals surface area contributed by atoms with Crippen molar-refractivity contribution < 1.29 is 14.7 Å². The summed E-state index contributed by atoms with van der Waals surface area (Å²) in [5.74, 6) is -1.07. The second kappa shape index (κ2) is 7.65. The minimum absolute atomic E-state index is 0.0800. The Morgan fingerprint density at radius 2 is 1.90 bits per heavy atom. The molecule has 2 N–H and O–H groups in total. The van der Waals surface area contributed by atoms with Gasteiger partial charge in [-0.25, -0.2) is 0 Å². The lowest BCUT2D eigenvalue weighted by Crippen LogP contribution is -2.43. The number of nitrogens with zero attached hydrogens (tertiary/aromatic N) is 1. The Bertz CT molecular complexity index is 457. The summed E-state index contributed by atoms with van der Waals surface area (Å²) >= 11 is 0. The summed E-state index contributed by atoms with van der Waals surface area (Å²) in [5, 5.41) is 11.8. The van der Waals surface area contributed by atoms with E-state index in [2.05, 4.69) is 5.32 Å². The van der Waals surface area contributed by atoms with E-state index >= 15 is 0 Å². The Hall–Kier alpha value is -1.88. The fourth-order valence-electron chi connectivity index (χ4n) is 1.97. The highest BCUT2D eigenvalue weighted by Gasteiger charge is 2.21. The van der Waals surface area contributed by atoms with Gasteiger partial charge in [0.15, 0.2) is 0 Å². The fraction of sp³-hybridized carbons (Fsp3) is 0.467. The Kier molecular flexibility index (Phi) is 6.18. The quantitative estimate of drug-likeness (QED) is 0.791. The van der Waals surface area contributed by atoms with Crippen molar-refractivity contribution in [1.82, 2.24) is 10.2 Å². The van der Waals surface area contributed by atoms with Crippen LogP contribution in [0.3, 0.4) is 0 Å². The van der Waals surface area contributed by atoms with Crippen LogP contribution in [0.5, 0.6) is 0 Å². The molecule has 0 saturated carbocycles. The third kappa shape index (κ3) is 5.01. The zero-order chi connectivity index (χ0) is 15.1. The van der Waals surface area contributed by atoms with E-state index in [9.17, 15) is 9.59 Å². The molecule has 0 saturated heterocycles. The third-order valence-electron chi connectivity index (χ3n) is 3.21. The van der Waals surface area contributed by atoms with Crippen molar-refractivity contribution >= 4 is 11.9 Å². The normalized spacial score (nSPS) is 12.2. The van der Waals surface area contributed by atoms with Crippen molar-refractivity contribution in [2.45, 2.75) is 32.9 Å². The van der Waals surface area contributed by atoms with Crippen molar-refractivity contribution in [2.24, 2.45) is 0 Å². The molecule has 5 nitrogen and oxygen atoms in total. The van der Waals surface area contributed by atoms with E-state index in [-0.39, 0.29) is 12.5 Å². The van der Waals surface area contributed by atoms with Crippen LogP contribution in [0.2, 0.25) is 0 Å². The molecule has 0 spiro atoms. The molecule has 0 radical (unpaired) electrons. The maximum atomic E-state index is 11.8. The van der Waals surface area contributed by atoms with Crippen LogP contribution in [-0.4, -0.2) is 41.5 Å². The number of aliphatic carboxylic acids is 1. The number of amides is 1. The number of carbonyl (C=O) groups is 2. The minimum Gasteiger partial charge on any atom is -0.480 e. The topological polar surface area (TPSA) is 69.6 Å². The third-order valence-corrected chi connectivity index (χ3v) is 3.21. The first kappa shape index (κ1) is 16.2. The highest BCUT2D eigenvalue weighted by Crippen LogP contribution is 2.03. The maximum Gasteiger partial charge on any atom is 0.320 e. The van der Waals surface area contributed by atoms with Gasteiger partial charge < -0.3 is 10.4 Å². The van der Waals surface area contributed by atoms with E-state index in [0.29, 0.717) is 13.0 Å². The van der Waals surface area contributed by atoms with Crippen LogP contribution in [0.15, 0.2) is 24.3 Å². The smallest absolute Gasteiger partial charge is 0.320 e. The number of carboxylic acids is 1. The van der Waals surface area contributed by atoms with E-state index in [1.165, 1.54) is 5.56 Å². The summed E-state index contributed by atoms with van der Waals surface area (Å²) in [7, 11) is 1.65. The molecule has 1 unspecified atom stereocenters. The van der Waals surface area contributed by atoms with E-state index in [4.69, 9.17) is 5.11 Å². The summed E-state index contributed by atoms with van der Waals surface area (Å²) in [5.41, 5.74) is 2.20. The van der Waals surface area contributed by atoms with Crippen LogP contribution in [0, 0.1) is 6.92 Å². The van der Waals surface area contributed by atoms with Gasteiger partial charge in [0.2, 0.25) is 5.91 Å². The Morgan fingerprint density at radius 3 is 2.40 bits per heavy atom. The number of carbonyl (C=O) groups excluding carboxylic acids is 1. The average Bonchev–Trinajstić information content (AvgIpc) is 2.38. The van der Waals surface area contributed by atoms with Gasteiger partial charge in [-0.2, -0.15) is 0 Å². The van der Waals surface area contributed by atoms with Gasteiger partial charge in [-0.05, 0) is 26.0 Å². The molecule has 1 aromatic carbocycles. The summed E-state index contributed by atoms with van der Waals surface area (Å²) in [4.78, 5) is 24.3. The van der Waals surface area contributed by atoms with Gasteiger partial charge >= 0.3 is 5.97 Å². The lowest BCUT2D eigenvalue weighted by atomic mass is 10.1. The molecule has 5 heteroatoms. The van der Waals surface area contributed by atoms with E-state index in [1.807, 2.05) is 31.2 Å². The molecule has 1 amide bonds. The Morgan fingerprint density at radius 1 is 1.30 bits per heavy atom. The molecule has 0 aliphatic rings. The zero-order valence-electron chi connectivity index (χ0n) is 12.2. The van der Waals surface area contributed by atoms with Gasteiger partial charge in [0, 0.05) is 6.54 Å². The van der Waals surface area contributed by atoms with Gasteiger partial charge in [-0.1, -0.05) is 36.8 Å². The van der Waals surface area contributed by atoms with Crippen molar-refractivity contribution in [2.75, 3.05) is 13.6 Å². The van der Waals surface area contributed by atoms with Crippen LogP contribution in [-0.2, 0) is 16.1 Å². The summed E-state index contributed by atoms with van der Waals surface area (Å²) in [6.45, 7) is 4.33.